The van der Waals surface area contributed by atoms with Crippen LogP contribution >= 0.6 is 11.3 Å². The predicted octanol–water partition coefficient (Wildman–Crippen LogP) is 5.38. The van der Waals surface area contributed by atoms with E-state index in [0.717, 1.165) is 46.9 Å². The van der Waals surface area contributed by atoms with Gasteiger partial charge in [-0.1, -0.05) is 36.8 Å². The second kappa shape index (κ2) is 10.5. The molecule has 2 aromatic carbocycles. The zero-order valence-corrected chi connectivity index (χ0v) is 19.2. The Balaban J connectivity index is 1.87. The average molecular weight is 426 g/mol. The molecule has 0 N–H and O–H groups in total. The Bertz CT molecular complexity index is 983. The summed E-state index contributed by atoms with van der Waals surface area (Å²) in [6, 6.07) is 13.7. The van der Waals surface area contributed by atoms with E-state index in [9.17, 15) is 4.79 Å². The number of unbranched alkanes of at least 4 members (excludes halogenated alkanes) is 1. The lowest BCUT2D eigenvalue weighted by Crippen LogP contribution is -2.33. The largest absolute Gasteiger partial charge is 0.494 e. The molecular formula is C24H31N3O2S. The Morgan fingerprint density at radius 1 is 1.10 bits per heavy atom. The van der Waals surface area contributed by atoms with Crippen LogP contribution in [0.5, 0.6) is 5.75 Å². The SMILES string of the molecule is CCCCOc1cccc(C(=O)N(CCCN(C)C)c2nc3ccc(C)cc3s2)c1. The van der Waals surface area contributed by atoms with Crippen LogP contribution in [0.2, 0.25) is 0 Å². The minimum absolute atomic E-state index is 0.0366. The second-order valence-electron chi connectivity index (χ2n) is 7.81. The standard InChI is InChI=1S/C24H31N3O2S/c1-5-6-15-29-20-10-7-9-19(17-20)23(28)27(14-8-13-26(3)4)24-25-21-12-11-18(2)16-22(21)30-24/h7,9-12,16-17H,5-6,8,13-15H2,1-4H3. The average Bonchev–Trinajstić information content (AvgIpc) is 3.13. The lowest BCUT2D eigenvalue weighted by Gasteiger charge is -2.21. The summed E-state index contributed by atoms with van der Waals surface area (Å²) in [6.45, 7) is 6.40. The molecule has 0 aliphatic carbocycles. The van der Waals surface area contributed by atoms with Gasteiger partial charge in [0, 0.05) is 12.1 Å². The fourth-order valence-electron chi connectivity index (χ4n) is 3.17. The van der Waals surface area contributed by atoms with Crippen LogP contribution in [-0.4, -0.2) is 49.6 Å². The molecule has 0 aliphatic heterocycles. The molecule has 5 nitrogen and oxygen atoms in total. The summed E-state index contributed by atoms with van der Waals surface area (Å²) in [5.41, 5.74) is 2.76. The van der Waals surface area contributed by atoms with E-state index in [-0.39, 0.29) is 5.91 Å². The molecule has 0 atom stereocenters. The first kappa shape index (κ1) is 22.2. The minimum atomic E-state index is -0.0366. The highest BCUT2D eigenvalue weighted by atomic mass is 32.1. The highest BCUT2D eigenvalue weighted by Crippen LogP contribution is 2.31. The van der Waals surface area contributed by atoms with Gasteiger partial charge in [-0.15, -0.1) is 0 Å². The van der Waals surface area contributed by atoms with Crippen molar-refractivity contribution in [3.8, 4) is 5.75 Å². The Kier molecular flexibility index (Phi) is 7.82. The number of benzene rings is 2. The first-order chi connectivity index (χ1) is 14.5. The maximum absolute atomic E-state index is 13.5. The van der Waals surface area contributed by atoms with Gasteiger partial charge in [-0.3, -0.25) is 9.69 Å². The van der Waals surface area contributed by atoms with Crippen LogP contribution in [0.4, 0.5) is 5.13 Å². The van der Waals surface area contributed by atoms with Crippen LogP contribution < -0.4 is 9.64 Å². The minimum Gasteiger partial charge on any atom is -0.494 e. The van der Waals surface area contributed by atoms with Gasteiger partial charge >= 0.3 is 0 Å². The van der Waals surface area contributed by atoms with Crippen molar-refractivity contribution >= 4 is 32.6 Å². The number of thiazole rings is 1. The number of amides is 1. The molecule has 0 saturated carbocycles. The van der Waals surface area contributed by atoms with Gasteiger partial charge in [-0.2, -0.15) is 0 Å². The monoisotopic (exact) mass is 425 g/mol. The maximum Gasteiger partial charge on any atom is 0.260 e. The fourth-order valence-corrected chi connectivity index (χ4v) is 4.26. The smallest absolute Gasteiger partial charge is 0.260 e. The number of nitrogens with zero attached hydrogens (tertiary/aromatic N) is 3. The highest BCUT2D eigenvalue weighted by molar-refractivity contribution is 7.22. The van der Waals surface area contributed by atoms with Gasteiger partial charge in [-0.05, 0) is 76.3 Å². The molecule has 0 spiro atoms. The van der Waals surface area contributed by atoms with E-state index in [1.54, 1.807) is 11.3 Å². The molecule has 1 amide bonds. The molecule has 0 fully saturated rings. The van der Waals surface area contributed by atoms with Crippen molar-refractivity contribution in [2.24, 2.45) is 0 Å². The van der Waals surface area contributed by atoms with Gasteiger partial charge in [0.15, 0.2) is 5.13 Å². The van der Waals surface area contributed by atoms with Gasteiger partial charge < -0.3 is 9.64 Å². The first-order valence-corrected chi connectivity index (χ1v) is 11.4. The van der Waals surface area contributed by atoms with E-state index in [0.29, 0.717) is 18.7 Å². The zero-order valence-electron chi connectivity index (χ0n) is 18.4. The first-order valence-electron chi connectivity index (χ1n) is 10.5. The van der Waals surface area contributed by atoms with E-state index < -0.39 is 0 Å². The van der Waals surface area contributed by atoms with Gasteiger partial charge in [0.1, 0.15) is 5.75 Å². The third-order valence-corrected chi connectivity index (χ3v) is 5.88. The van der Waals surface area contributed by atoms with Crippen molar-refractivity contribution in [1.29, 1.82) is 0 Å². The van der Waals surface area contributed by atoms with Crippen LogP contribution in [-0.2, 0) is 0 Å². The molecule has 6 heteroatoms. The topological polar surface area (TPSA) is 45.7 Å². The summed E-state index contributed by atoms with van der Waals surface area (Å²) < 4.78 is 6.91. The van der Waals surface area contributed by atoms with Crippen LogP contribution in [0.1, 0.15) is 42.1 Å². The molecule has 160 valence electrons. The number of carbonyl (C=O) groups is 1. The number of ether oxygens (including phenoxy) is 1. The Hall–Kier alpha value is -2.44. The summed E-state index contributed by atoms with van der Waals surface area (Å²) in [4.78, 5) is 22.2. The quantitative estimate of drug-likeness (QED) is 0.409. The number of aryl methyl sites for hydroxylation is 1. The molecule has 1 aromatic heterocycles. The van der Waals surface area contributed by atoms with E-state index in [1.165, 1.54) is 5.56 Å². The molecule has 1 heterocycles. The van der Waals surface area contributed by atoms with Gasteiger partial charge in [-0.25, -0.2) is 4.98 Å². The number of hydrogen-bond donors (Lipinski definition) is 0. The van der Waals surface area contributed by atoms with Gasteiger partial charge in [0.05, 0.1) is 16.8 Å². The van der Waals surface area contributed by atoms with E-state index in [4.69, 9.17) is 9.72 Å². The van der Waals surface area contributed by atoms with Crippen molar-refractivity contribution in [3.63, 3.8) is 0 Å². The number of anilines is 1. The molecule has 30 heavy (non-hydrogen) atoms. The molecule has 0 radical (unpaired) electrons. The number of carbonyl (C=O) groups excluding carboxylic acids is 1. The molecular weight excluding hydrogens is 394 g/mol. The molecule has 3 rings (SSSR count). The van der Waals surface area contributed by atoms with Crippen molar-refractivity contribution < 1.29 is 9.53 Å². The molecule has 0 aliphatic rings. The second-order valence-corrected chi connectivity index (χ2v) is 8.82. The number of rotatable bonds is 10. The molecule has 3 aromatic rings. The number of aromatic nitrogens is 1. The molecule has 0 unspecified atom stereocenters. The Labute approximate surface area is 183 Å². The lowest BCUT2D eigenvalue weighted by molar-refractivity contribution is 0.0985. The lowest BCUT2D eigenvalue weighted by atomic mass is 10.2. The van der Waals surface area contributed by atoms with Gasteiger partial charge in [0.25, 0.3) is 5.91 Å². The summed E-state index contributed by atoms with van der Waals surface area (Å²) >= 11 is 1.57. The number of hydrogen-bond acceptors (Lipinski definition) is 5. The Morgan fingerprint density at radius 2 is 1.93 bits per heavy atom. The predicted molar refractivity (Wildman–Crippen MR) is 126 cm³/mol. The summed E-state index contributed by atoms with van der Waals surface area (Å²) in [5, 5.41) is 0.747. The number of fused-ring (bicyclic) bond motifs is 1. The van der Waals surface area contributed by atoms with Crippen LogP contribution in [0.3, 0.4) is 0 Å². The third-order valence-electron chi connectivity index (χ3n) is 4.84. The van der Waals surface area contributed by atoms with E-state index in [2.05, 4.69) is 30.9 Å². The van der Waals surface area contributed by atoms with E-state index >= 15 is 0 Å². The molecule has 0 saturated heterocycles. The van der Waals surface area contributed by atoms with Crippen LogP contribution in [0.25, 0.3) is 10.2 Å². The van der Waals surface area contributed by atoms with Crippen LogP contribution in [0.15, 0.2) is 42.5 Å². The summed E-state index contributed by atoms with van der Waals surface area (Å²) in [7, 11) is 4.09. The maximum atomic E-state index is 13.5. The van der Waals surface area contributed by atoms with Gasteiger partial charge in [0.2, 0.25) is 0 Å². The zero-order chi connectivity index (χ0) is 21.5. The van der Waals surface area contributed by atoms with Crippen LogP contribution in [0, 0.1) is 6.92 Å². The summed E-state index contributed by atoms with van der Waals surface area (Å²) in [5.74, 6) is 0.702. The van der Waals surface area contributed by atoms with Crippen molar-refractivity contribution in [2.45, 2.75) is 33.1 Å². The van der Waals surface area contributed by atoms with Crippen molar-refractivity contribution in [1.82, 2.24) is 9.88 Å². The molecule has 0 bridgehead atoms. The Morgan fingerprint density at radius 3 is 2.70 bits per heavy atom. The normalized spacial score (nSPS) is 11.2. The van der Waals surface area contributed by atoms with Crippen molar-refractivity contribution in [2.75, 3.05) is 38.7 Å². The van der Waals surface area contributed by atoms with E-state index in [1.807, 2.05) is 49.3 Å². The highest BCUT2D eigenvalue weighted by Gasteiger charge is 2.21. The third kappa shape index (κ3) is 5.80. The summed E-state index contributed by atoms with van der Waals surface area (Å²) in [6.07, 6.45) is 2.95. The fraction of sp³-hybridized carbons (Fsp3) is 0.417. The van der Waals surface area contributed by atoms with Crippen molar-refractivity contribution in [3.05, 3.63) is 53.6 Å².